The first-order chi connectivity index (χ1) is 5.45. The van der Waals surface area contributed by atoms with Gasteiger partial charge in [0.2, 0.25) is 0 Å². The lowest BCUT2D eigenvalue weighted by atomic mass is 9.86. The molecule has 1 saturated heterocycles. The summed E-state index contributed by atoms with van der Waals surface area (Å²) in [6.45, 7) is 6.28. The van der Waals surface area contributed by atoms with E-state index in [-0.39, 0.29) is 17.6 Å². The smallest absolute Gasteiger partial charge is 0.426 e. The summed E-state index contributed by atoms with van der Waals surface area (Å²) in [6, 6.07) is 0. The first-order valence-corrected chi connectivity index (χ1v) is 4.02. The number of hydrogen-bond donors (Lipinski definition) is 1. The Hall–Kier alpha value is -0.770. The Kier molecular flexibility index (Phi) is 2.28. The van der Waals surface area contributed by atoms with E-state index in [2.05, 4.69) is 0 Å². The maximum Gasteiger partial charge on any atom is 0.509 e. The van der Waals surface area contributed by atoms with Crippen molar-refractivity contribution in [2.24, 2.45) is 11.1 Å². The molecule has 0 aromatic carbocycles. The number of nitrogens with two attached hydrogens (primary N) is 1. The van der Waals surface area contributed by atoms with Gasteiger partial charge in [0.25, 0.3) is 0 Å². The predicted octanol–water partition coefficient (Wildman–Crippen LogP) is 0.895. The van der Waals surface area contributed by atoms with E-state index in [4.69, 9.17) is 15.2 Å². The minimum absolute atomic E-state index is 0.115. The van der Waals surface area contributed by atoms with E-state index in [9.17, 15) is 4.79 Å². The van der Waals surface area contributed by atoms with Gasteiger partial charge in [-0.15, -0.1) is 0 Å². The van der Waals surface area contributed by atoms with Gasteiger partial charge < -0.3 is 15.2 Å². The van der Waals surface area contributed by atoms with Crippen LogP contribution in [0.15, 0.2) is 0 Å². The zero-order chi connectivity index (χ0) is 9.35. The van der Waals surface area contributed by atoms with E-state index >= 15 is 0 Å². The third-order valence-corrected chi connectivity index (χ3v) is 1.89. The van der Waals surface area contributed by atoms with Crippen LogP contribution in [0.2, 0.25) is 0 Å². The monoisotopic (exact) mass is 173 g/mol. The molecule has 2 N–H and O–H groups in total. The molecule has 2 atom stereocenters. The Labute approximate surface area is 72.0 Å². The molecule has 4 nitrogen and oxygen atoms in total. The van der Waals surface area contributed by atoms with Gasteiger partial charge in [0.05, 0.1) is 0 Å². The molecule has 1 heterocycles. The van der Waals surface area contributed by atoms with Crippen LogP contribution in [0, 0.1) is 5.41 Å². The fourth-order valence-electron chi connectivity index (χ4n) is 1.30. The molecule has 2 unspecified atom stereocenters. The SMILES string of the molecule is CC(C)(C)C1OC(=O)OC1CN. The Bertz CT molecular complexity index is 185. The van der Waals surface area contributed by atoms with Crippen molar-refractivity contribution in [3.05, 3.63) is 0 Å². The topological polar surface area (TPSA) is 61.5 Å². The fraction of sp³-hybridized carbons (Fsp3) is 0.875. The zero-order valence-corrected chi connectivity index (χ0v) is 7.66. The second-order valence-corrected chi connectivity index (χ2v) is 4.05. The summed E-state index contributed by atoms with van der Waals surface area (Å²) in [5, 5.41) is 0. The highest BCUT2D eigenvalue weighted by atomic mass is 16.8. The van der Waals surface area contributed by atoms with Crippen molar-refractivity contribution >= 4 is 6.16 Å². The van der Waals surface area contributed by atoms with Crippen molar-refractivity contribution in [3.63, 3.8) is 0 Å². The molecule has 70 valence electrons. The molecule has 1 fully saturated rings. The van der Waals surface area contributed by atoms with Gasteiger partial charge in [0.1, 0.15) is 6.10 Å². The normalized spacial score (nSPS) is 29.8. The van der Waals surface area contributed by atoms with Gasteiger partial charge in [-0.3, -0.25) is 0 Å². The molecule has 0 spiro atoms. The molecule has 0 saturated carbocycles. The standard InChI is InChI=1S/C8H15NO3/c1-8(2,3)6-5(4-9)11-7(10)12-6/h5-6H,4,9H2,1-3H3. The van der Waals surface area contributed by atoms with E-state index in [1.807, 2.05) is 20.8 Å². The number of carbonyl (C=O) groups is 1. The second-order valence-electron chi connectivity index (χ2n) is 4.05. The second kappa shape index (κ2) is 2.94. The Balaban J connectivity index is 2.70. The van der Waals surface area contributed by atoms with Crippen molar-refractivity contribution in [2.75, 3.05) is 6.54 Å². The summed E-state index contributed by atoms with van der Waals surface area (Å²) in [5.74, 6) is 0. The molecule has 0 amide bonds. The first-order valence-electron chi connectivity index (χ1n) is 4.02. The maximum atomic E-state index is 10.8. The number of carbonyl (C=O) groups excluding carboxylic acids is 1. The van der Waals surface area contributed by atoms with Crippen LogP contribution < -0.4 is 5.73 Å². The molecule has 0 aromatic rings. The van der Waals surface area contributed by atoms with Crippen LogP contribution in [-0.4, -0.2) is 24.9 Å². The largest absolute Gasteiger partial charge is 0.509 e. The molecule has 1 aliphatic heterocycles. The Morgan fingerprint density at radius 1 is 1.42 bits per heavy atom. The number of hydrogen-bond acceptors (Lipinski definition) is 4. The van der Waals surface area contributed by atoms with Gasteiger partial charge in [-0.2, -0.15) is 0 Å². The van der Waals surface area contributed by atoms with Crippen molar-refractivity contribution in [2.45, 2.75) is 33.0 Å². The van der Waals surface area contributed by atoms with Crippen molar-refractivity contribution in [1.29, 1.82) is 0 Å². The quantitative estimate of drug-likeness (QED) is 0.598. The highest BCUT2D eigenvalue weighted by molar-refractivity contribution is 5.62. The third-order valence-electron chi connectivity index (χ3n) is 1.89. The van der Waals surface area contributed by atoms with Gasteiger partial charge in [-0.1, -0.05) is 20.8 Å². The summed E-state index contributed by atoms with van der Waals surface area (Å²) in [6.07, 6.45) is -1.13. The van der Waals surface area contributed by atoms with E-state index in [0.717, 1.165) is 0 Å². The van der Waals surface area contributed by atoms with Gasteiger partial charge >= 0.3 is 6.16 Å². The van der Waals surface area contributed by atoms with Crippen LogP contribution in [0.1, 0.15) is 20.8 Å². The van der Waals surface area contributed by atoms with Crippen LogP contribution in [0.4, 0.5) is 4.79 Å². The van der Waals surface area contributed by atoms with E-state index in [1.54, 1.807) is 0 Å². The average molecular weight is 173 g/mol. The molecule has 0 radical (unpaired) electrons. The lowest BCUT2D eigenvalue weighted by Gasteiger charge is -2.26. The molecule has 12 heavy (non-hydrogen) atoms. The summed E-state index contributed by atoms with van der Waals surface area (Å²) in [4.78, 5) is 10.8. The lowest BCUT2D eigenvalue weighted by Crippen LogP contribution is -2.39. The van der Waals surface area contributed by atoms with E-state index in [0.29, 0.717) is 6.54 Å². The average Bonchev–Trinajstić information content (AvgIpc) is 2.29. The summed E-state index contributed by atoms with van der Waals surface area (Å²) < 4.78 is 9.85. The number of ether oxygens (including phenoxy) is 2. The van der Waals surface area contributed by atoms with Crippen LogP contribution in [0.25, 0.3) is 0 Å². The van der Waals surface area contributed by atoms with Crippen molar-refractivity contribution < 1.29 is 14.3 Å². The van der Waals surface area contributed by atoms with Gasteiger partial charge in [-0.25, -0.2) is 4.79 Å². The zero-order valence-electron chi connectivity index (χ0n) is 7.66. The van der Waals surface area contributed by atoms with E-state index < -0.39 is 6.16 Å². The summed E-state index contributed by atoms with van der Waals surface area (Å²) in [5.41, 5.74) is 5.31. The molecular formula is C8H15NO3. The number of rotatable bonds is 1. The Morgan fingerprint density at radius 2 is 2.00 bits per heavy atom. The van der Waals surface area contributed by atoms with Crippen LogP contribution in [0.3, 0.4) is 0 Å². The number of cyclic esters (lactones) is 2. The summed E-state index contributed by atoms with van der Waals surface area (Å²) in [7, 11) is 0. The van der Waals surface area contributed by atoms with Crippen molar-refractivity contribution in [1.82, 2.24) is 0 Å². The molecule has 4 heteroatoms. The third kappa shape index (κ3) is 1.69. The minimum atomic E-state index is -0.606. The Morgan fingerprint density at radius 3 is 2.33 bits per heavy atom. The molecule has 0 bridgehead atoms. The molecular weight excluding hydrogens is 158 g/mol. The van der Waals surface area contributed by atoms with Gasteiger partial charge in [0.15, 0.2) is 6.10 Å². The van der Waals surface area contributed by atoms with Gasteiger partial charge in [-0.05, 0) is 0 Å². The highest BCUT2D eigenvalue weighted by Crippen LogP contribution is 2.30. The van der Waals surface area contributed by atoms with Crippen LogP contribution in [-0.2, 0) is 9.47 Å². The van der Waals surface area contributed by atoms with Crippen LogP contribution in [0.5, 0.6) is 0 Å². The highest BCUT2D eigenvalue weighted by Gasteiger charge is 2.43. The first kappa shape index (κ1) is 9.32. The lowest BCUT2D eigenvalue weighted by molar-refractivity contribution is 0.0540. The van der Waals surface area contributed by atoms with Crippen molar-refractivity contribution in [3.8, 4) is 0 Å². The van der Waals surface area contributed by atoms with E-state index in [1.165, 1.54) is 0 Å². The molecule has 1 rings (SSSR count). The predicted molar refractivity (Wildman–Crippen MR) is 43.7 cm³/mol. The van der Waals surface area contributed by atoms with Gasteiger partial charge in [0, 0.05) is 12.0 Å². The molecule has 0 aromatic heterocycles. The fourth-order valence-corrected chi connectivity index (χ4v) is 1.30. The molecule has 0 aliphatic carbocycles. The maximum absolute atomic E-state index is 10.8. The minimum Gasteiger partial charge on any atom is -0.426 e. The van der Waals surface area contributed by atoms with Crippen LogP contribution >= 0.6 is 0 Å². The molecule has 1 aliphatic rings. The summed E-state index contributed by atoms with van der Waals surface area (Å²) >= 11 is 0.